The van der Waals surface area contributed by atoms with Crippen LogP contribution < -0.4 is 9.47 Å². The fraction of sp³-hybridized carbons (Fsp3) is 0.385. The molecule has 104 valence electrons. The van der Waals surface area contributed by atoms with Crippen molar-refractivity contribution >= 4 is 11.9 Å². The van der Waals surface area contributed by atoms with Gasteiger partial charge in [0.1, 0.15) is 6.04 Å². The molecule has 0 aliphatic rings. The van der Waals surface area contributed by atoms with Crippen molar-refractivity contribution in [1.29, 1.82) is 0 Å². The monoisotopic (exact) mass is 267 g/mol. The molecule has 1 aromatic rings. The molecule has 0 aliphatic carbocycles. The van der Waals surface area contributed by atoms with Crippen molar-refractivity contribution in [3.05, 3.63) is 23.8 Å². The van der Waals surface area contributed by atoms with E-state index in [0.717, 1.165) is 4.90 Å². The zero-order valence-electron chi connectivity index (χ0n) is 11.3. The highest BCUT2D eigenvalue weighted by molar-refractivity contribution is 5.99. The van der Waals surface area contributed by atoms with Gasteiger partial charge < -0.3 is 19.5 Å². The molecule has 1 atom stereocenters. The second-order valence-electron chi connectivity index (χ2n) is 3.97. The number of amides is 1. The average molecular weight is 267 g/mol. The van der Waals surface area contributed by atoms with Crippen molar-refractivity contribution in [1.82, 2.24) is 4.90 Å². The van der Waals surface area contributed by atoms with E-state index in [2.05, 4.69) is 0 Å². The van der Waals surface area contributed by atoms with Crippen LogP contribution in [0.3, 0.4) is 0 Å². The molecule has 0 bridgehead atoms. The summed E-state index contributed by atoms with van der Waals surface area (Å²) >= 11 is 0. The number of benzene rings is 1. The van der Waals surface area contributed by atoms with E-state index in [-0.39, 0.29) is 5.56 Å². The Morgan fingerprint density at radius 3 is 2.37 bits per heavy atom. The number of hydrogen-bond acceptors (Lipinski definition) is 4. The van der Waals surface area contributed by atoms with Crippen LogP contribution in [0.5, 0.6) is 11.5 Å². The van der Waals surface area contributed by atoms with Gasteiger partial charge in [0.15, 0.2) is 11.5 Å². The number of para-hydroxylation sites is 1. The standard InChI is InChI=1S/C13H17NO5/c1-8(13(16)17)14(2)12(15)9-6-5-7-10(18-3)11(9)19-4/h5-8H,1-4H3,(H,16,17). The number of carboxylic acid groups (broad SMARTS) is 1. The number of carbonyl (C=O) groups excluding carboxylic acids is 1. The molecule has 6 nitrogen and oxygen atoms in total. The van der Waals surface area contributed by atoms with Gasteiger partial charge in [0.25, 0.3) is 5.91 Å². The van der Waals surface area contributed by atoms with Crippen molar-refractivity contribution in [2.45, 2.75) is 13.0 Å². The smallest absolute Gasteiger partial charge is 0.326 e. The van der Waals surface area contributed by atoms with E-state index in [1.165, 1.54) is 28.2 Å². The Labute approximate surface area is 111 Å². The van der Waals surface area contributed by atoms with Gasteiger partial charge in [-0.1, -0.05) is 6.07 Å². The van der Waals surface area contributed by atoms with Crippen LogP contribution in [0.25, 0.3) is 0 Å². The summed E-state index contributed by atoms with van der Waals surface area (Å²) in [5.41, 5.74) is 0.262. The van der Waals surface area contributed by atoms with E-state index in [1.807, 2.05) is 0 Å². The van der Waals surface area contributed by atoms with Crippen LogP contribution in [-0.2, 0) is 4.79 Å². The summed E-state index contributed by atoms with van der Waals surface area (Å²) in [4.78, 5) is 24.3. The van der Waals surface area contributed by atoms with E-state index in [4.69, 9.17) is 14.6 Å². The number of rotatable bonds is 5. The van der Waals surface area contributed by atoms with Gasteiger partial charge in [0.2, 0.25) is 0 Å². The second kappa shape index (κ2) is 6.08. The normalized spacial score (nSPS) is 11.6. The molecule has 0 fully saturated rings. The SMILES string of the molecule is COc1cccc(C(=O)N(C)C(C)C(=O)O)c1OC. The Morgan fingerprint density at radius 1 is 1.26 bits per heavy atom. The fourth-order valence-corrected chi connectivity index (χ4v) is 1.59. The van der Waals surface area contributed by atoms with Gasteiger partial charge >= 0.3 is 5.97 Å². The van der Waals surface area contributed by atoms with Crippen LogP contribution in [0.15, 0.2) is 18.2 Å². The maximum Gasteiger partial charge on any atom is 0.326 e. The van der Waals surface area contributed by atoms with E-state index >= 15 is 0 Å². The van der Waals surface area contributed by atoms with Crippen molar-refractivity contribution in [3.8, 4) is 11.5 Å². The summed E-state index contributed by atoms with van der Waals surface area (Å²) in [5, 5.41) is 8.93. The first-order chi connectivity index (χ1) is 8.93. The highest BCUT2D eigenvalue weighted by Crippen LogP contribution is 2.31. The molecular formula is C13H17NO5. The molecule has 0 saturated carbocycles. The molecule has 1 aromatic carbocycles. The van der Waals surface area contributed by atoms with Gasteiger partial charge in [-0.15, -0.1) is 0 Å². The first kappa shape index (κ1) is 14.8. The quantitative estimate of drug-likeness (QED) is 0.868. The summed E-state index contributed by atoms with van der Waals surface area (Å²) in [5.74, 6) is -0.799. The number of nitrogens with zero attached hydrogens (tertiary/aromatic N) is 1. The molecule has 0 radical (unpaired) electrons. The molecule has 1 unspecified atom stereocenters. The predicted molar refractivity (Wildman–Crippen MR) is 68.7 cm³/mol. The largest absolute Gasteiger partial charge is 0.493 e. The lowest BCUT2D eigenvalue weighted by molar-refractivity contribution is -0.141. The van der Waals surface area contributed by atoms with Crippen LogP contribution >= 0.6 is 0 Å². The van der Waals surface area contributed by atoms with Crippen molar-refractivity contribution in [3.63, 3.8) is 0 Å². The first-order valence-corrected chi connectivity index (χ1v) is 5.65. The summed E-state index contributed by atoms with van der Waals surface area (Å²) < 4.78 is 10.3. The summed E-state index contributed by atoms with van der Waals surface area (Å²) in [6.45, 7) is 1.44. The van der Waals surface area contributed by atoms with Crippen LogP contribution in [-0.4, -0.2) is 49.2 Å². The minimum atomic E-state index is -1.07. The van der Waals surface area contributed by atoms with E-state index in [0.29, 0.717) is 11.5 Å². The molecule has 0 spiro atoms. The molecule has 6 heteroatoms. The van der Waals surface area contributed by atoms with Gasteiger partial charge in [0, 0.05) is 7.05 Å². The maximum absolute atomic E-state index is 12.3. The molecule has 0 aromatic heterocycles. The van der Waals surface area contributed by atoms with Crippen molar-refractivity contribution in [2.75, 3.05) is 21.3 Å². The lowest BCUT2D eigenvalue weighted by Gasteiger charge is -2.22. The molecule has 0 aliphatic heterocycles. The van der Waals surface area contributed by atoms with Crippen LogP contribution in [0.4, 0.5) is 0 Å². The van der Waals surface area contributed by atoms with Gasteiger partial charge in [-0.2, -0.15) is 0 Å². The topological polar surface area (TPSA) is 76.1 Å². The second-order valence-corrected chi connectivity index (χ2v) is 3.97. The first-order valence-electron chi connectivity index (χ1n) is 5.65. The number of carboxylic acids is 1. The molecule has 19 heavy (non-hydrogen) atoms. The van der Waals surface area contributed by atoms with Crippen LogP contribution in [0, 0.1) is 0 Å². The van der Waals surface area contributed by atoms with Gasteiger partial charge in [-0.3, -0.25) is 4.79 Å². The lowest BCUT2D eigenvalue weighted by Crippen LogP contribution is -2.40. The minimum Gasteiger partial charge on any atom is -0.493 e. The minimum absolute atomic E-state index is 0.262. The predicted octanol–water partition coefficient (Wildman–Crippen LogP) is 1.25. The Hall–Kier alpha value is -2.24. The number of hydrogen-bond donors (Lipinski definition) is 1. The molecule has 1 rings (SSSR count). The Morgan fingerprint density at radius 2 is 1.89 bits per heavy atom. The Kier molecular flexibility index (Phi) is 4.74. The van der Waals surface area contributed by atoms with Gasteiger partial charge in [0.05, 0.1) is 19.8 Å². The lowest BCUT2D eigenvalue weighted by atomic mass is 10.1. The third kappa shape index (κ3) is 2.96. The Balaban J connectivity index is 3.16. The fourth-order valence-electron chi connectivity index (χ4n) is 1.59. The third-order valence-electron chi connectivity index (χ3n) is 2.89. The number of carbonyl (C=O) groups is 2. The molecule has 1 N–H and O–H groups in total. The highest BCUT2D eigenvalue weighted by atomic mass is 16.5. The third-order valence-corrected chi connectivity index (χ3v) is 2.89. The Bertz CT molecular complexity index is 486. The zero-order valence-corrected chi connectivity index (χ0v) is 11.3. The molecule has 0 saturated heterocycles. The summed E-state index contributed by atoms with van der Waals surface area (Å²) in [6.07, 6.45) is 0. The number of aliphatic carboxylic acids is 1. The van der Waals surface area contributed by atoms with Crippen LogP contribution in [0.1, 0.15) is 17.3 Å². The van der Waals surface area contributed by atoms with Crippen LogP contribution in [0.2, 0.25) is 0 Å². The number of methoxy groups -OCH3 is 2. The van der Waals surface area contributed by atoms with Crippen molar-refractivity contribution in [2.24, 2.45) is 0 Å². The van der Waals surface area contributed by atoms with Crippen molar-refractivity contribution < 1.29 is 24.2 Å². The molecule has 1 amide bonds. The average Bonchev–Trinajstić information content (AvgIpc) is 2.43. The van der Waals surface area contributed by atoms with Gasteiger partial charge in [-0.05, 0) is 19.1 Å². The van der Waals surface area contributed by atoms with E-state index < -0.39 is 17.9 Å². The number of ether oxygens (including phenoxy) is 2. The highest BCUT2D eigenvalue weighted by Gasteiger charge is 2.26. The molecule has 0 heterocycles. The summed E-state index contributed by atoms with van der Waals surface area (Å²) in [6, 6.07) is 3.95. The maximum atomic E-state index is 12.3. The van der Waals surface area contributed by atoms with Gasteiger partial charge in [-0.25, -0.2) is 4.79 Å². The van der Waals surface area contributed by atoms with E-state index in [1.54, 1.807) is 18.2 Å². The molecular weight excluding hydrogens is 250 g/mol. The van der Waals surface area contributed by atoms with E-state index in [9.17, 15) is 9.59 Å². The zero-order chi connectivity index (χ0) is 14.6. The summed E-state index contributed by atoms with van der Waals surface area (Å²) in [7, 11) is 4.32. The number of likely N-dealkylation sites (N-methyl/N-ethyl adjacent to an activating group) is 1.